The molecule has 0 amide bonds. The summed E-state index contributed by atoms with van der Waals surface area (Å²) < 4.78 is 0. The molecule has 0 N–H and O–H groups in total. The maximum Gasteiger partial charge on any atom is -0.00114 e. The molecule has 0 saturated carbocycles. The molecule has 0 saturated heterocycles. The first-order chi connectivity index (χ1) is 26.6. The largest absolute Gasteiger partial charge is 0.0622 e. The quantitative estimate of drug-likeness (QED) is 0.163. The summed E-state index contributed by atoms with van der Waals surface area (Å²) in [6.07, 6.45) is 0. The van der Waals surface area contributed by atoms with E-state index in [0.717, 1.165) is 0 Å². The highest BCUT2D eigenvalue weighted by Crippen LogP contribution is 2.56. The molecule has 0 aromatic heterocycles. The SMILES string of the molecule is Cc1cc(C)c2c(c1)-c1cc3c4ccc(-c5ccccc5)cc4c(-c4ccc5c6c(cccc46)-c4ccccc4-5)cc3c3ccc(-c4ccccc4)c-2c13. The smallest absolute Gasteiger partial charge is 0.00114 e. The Hall–Kier alpha value is -6.76. The van der Waals surface area contributed by atoms with Gasteiger partial charge in [-0.1, -0.05) is 157 Å². The Balaban J connectivity index is 1.24. The summed E-state index contributed by atoms with van der Waals surface area (Å²) in [7, 11) is 0. The zero-order chi connectivity index (χ0) is 35.7. The van der Waals surface area contributed by atoms with Gasteiger partial charge >= 0.3 is 0 Å². The second kappa shape index (κ2) is 10.9. The molecule has 0 fully saturated rings. The van der Waals surface area contributed by atoms with Gasteiger partial charge in [0.15, 0.2) is 0 Å². The van der Waals surface area contributed by atoms with Gasteiger partial charge < -0.3 is 0 Å². The molecule has 250 valence electrons. The van der Waals surface area contributed by atoms with Crippen molar-refractivity contribution < 1.29 is 0 Å². The Morgan fingerprint density at radius 1 is 0.259 bits per heavy atom. The van der Waals surface area contributed by atoms with Crippen molar-refractivity contribution in [2.75, 3.05) is 0 Å². The molecular formula is C54H34. The predicted octanol–water partition coefficient (Wildman–Crippen LogP) is 15.2. The summed E-state index contributed by atoms with van der Waals surface area (Å²) in [5, 5.41) is 10.5. The van der Waals surface area contributed by atoms with E-state index < -0.39 is 0 Å². The molecule has 10 aromatic carbocycles. The van der Waals surface area contributed by atoms with Gasteiger partial charge in [-0.15, -0.1) is 0 Å². The van der Waals surface area contributed by atoms with Crippen molar-refractivity contribution in [1.82, 2.24) is 0 Å². The standard InChI is InChI=1S/C54H34/c1-31-26-32(2)51-49(27-31)50-30-47-40-21-20-35(33-12-5-3-6-13-33)28-45(40)46(29-48(47)44-24-22-36(54(51)53(44)50)34-14-7-4-8-15-34)39-23-25-43-38-17-10-9-16-37(38)41-18-11-19-42(39)52(41)43/h3-30H,1-2H3. The summed E-state index contributed by atoms with van der Waals surface area (Å²) in [5.41, 5.74) is 21.0. The number of hydrogen-bond acceptors (Lipinski definition) is 0. The minimum Gasteiger partial charge on any atom is -0.0622 e. The topological polar surface area (TPSA) is 0 Å². The third-order valence-electron chi connectivity index (χ3n) is 12.3. The first-order valence-corrected chi connectivity index (χ1v) is 19.0. The summed E-state index contributed by atoms with van der Waals surface area (Å²) in [6.45, 7) is 4.52. The fourth-order valence-electron chi connectivity index (χ4n) is 10.1. The summed E-state index contributed by atoms with van der Waals surface area (Å²) in [5.74, 6) is 0. The summed E-state index contributed by atoms with van der Waals surface area (Å²) in [6, 6.07) is 64.0. The highest BCUT2D eigenvalue weighted by molar-refractivity contribution is 6.31. The monoisotopic (exact) mass is 682 g/mol. The molecule has 54 heavy (non-hydrogen) atoms. The van der Waals surface area contributed by atoms with Crippen LogP contribution in [-0.2, 0) is 0 Å². The minimum absolute atomic E-state index is 1.23. The fraction of sp³-hybridized carbons (Fsp3) is 0.0370. The van der Waals surface area contributed by atoms with Gasteiger partial charge in [-0.25, -0.2) is 0 Å². The molecule has 0 bridgehead atoms. The van der Waals surface area contributed by atoms with E-state index in [1.807, 2.05) is 0 Å². The van der Waals surface area contributed by atoms with Crippen molar-refractivity contribution in [1.29, 1.82) is 0 Å². The van der Waals surface area contributed by atoms with E-state index >= 15 is 0 Å². The van der Waals surface area contributed by atoms with Gasteiger partial charge in [0, 0.05) is 0 Å². The Morgan fingerprint density at radius 3 is 1.69 bits per heavy atom. The van der Waals surface area contributed by atoms with Crippen LogP contribution in [0.3, 0.4) is 0 Å². The first kappa shape index (κ1) is 29.8. The molecule has 12 rings (SSSR count). The Labute approximate surface area is 314 Å². The number of rotatable bonds is 3. The second-order valence-electron chi connectivity index (χ2n) is 15.3. The van der Waals surface area contributed by atoms with E-state index in [-0.39, 0.29) is 0 Å². The third kappa shape index (κ3) is 3.98. The van der Waals surface area contributed by atoms with Crippen LogP contribution in [0, 0.1) is 13.8 Å². The average Bonchev–Trinajstić information content (AvgIpc) is 3.73. The summed E-state index contributed by atoms with van der Waals surface area (Å²) >= 11 is 0. The van der Waals surface area contributed by atoms with Crippen LogP contribution in [0.5, 0.6) is 0 Å². The van der Waals surface area contributed by atoms with E-state index in [9.17, 15) is 0 Å². The van der Waals surface area contributed by atoms with Crippen LogP contribution in [0.15, 0.2) is 170 Å². The third-order valence-corrected chi connectivity index (χ3v) is 12.3. The zero-order valence-electron chi connectivity index (χ0n) is 30.2. The van der Waals surface area contributed by atoms with Crippen molar-refractivity contribution in [3.8, 4) is 77.9 Å². The maximum absolute atomic E-state index is 2.52. The lowest BCUT2D eigenvalue weighted by molar-refractivity contribution is 1.39. The Kier molecular flexibility index (Phi) is 6.00. The Morgan fingerprint density at radius 2 is 0.889 bits per heavy atom. The molecule has 0 heteroatoms. The molecule has 0 atom stereocenters. The first-order valence-electron chi connectivity index (χ1n) is 19.0. The normalized spacial score (nSPS) is 12.3. The van der Waals surface area contributed by atoms with Crippen molar-refractivity contribution in [2.45, 2.75) is 13.8 Å². The Bertz CT molecular complexity index is 3230. The number of fused-ring (bicyclic) bond motifs is 10. The zero-order valence-corrected chi connectivity index (χ0v) is 30.2. The average molecular weight is 683 g/mol. The molecule has 0 aliphatic heterocycles. The predicted molar refractivity (Wildman–Crippen MR) is 231 cm³/mol. The van der Waals surface area contributed by atoms with Crippen molar-refractivity contribution >= 4 is 43.1 Å². The summed E-state index contributed by atoms with van der Waals surface area (Å²) in [4.78, 5) is 0. The molecule has 2 aliphatic carbocycles. The van der Waals surface area contributed by atoms with E-state index in [4.69, 9.17) is 0 Å². The number of hydrogen-bond donors (Lipinski definition) is 0. The molecule has 0 nitrogen and oxygen atoms in total. The van der Waals surface area contributed by atoms with Crippen LogP contribution in [-0.4, -0.2) is 0 Å². The molecule has 2 aliphatic rings. The van der Waals surface area contributed by atoms with Crippen molar-refractivity contribution in [3.05, 3.63) is 181 Å². The van der Waals surface area contributed by atoms with Crippen LogP contribution in [0.1, 0.15) is 11.1 Å². The van der Waals surface area contributed by atoms with Gasteiger partial charge in [0.1, 0.15) is 0 Å². The van der Waals surface area contributed by atoms with Gasteiger partial charge in [-0.05, 0) is 159 Å². The highest BCUT2D eigenvalue weighted by Gasteiger charge is 2.29. The van der Waals surface area contributed by atoms with Gasteiger partial charge in [0.25, 0.3) is 0 Å². The van der Waals surface area contributed by atoms with E-state index in [2.05, 4.69) is 184 Å². The molecule has 10 aromatic rings. The van der Waals surface area contributed by atoms with Crippen LogP contribution in [0.4, 0.5) is 0 Å². The second-order valence-corrected chi connectivity index (χ2v) is 15.3. The van der Waals surface area contributed by atoms with Gasteiger partial charge in [0.2, 0.25) is 0 Å². The maximum atomic E-state index is 2.52. The molecule has 0 spiro atoms. The van der Waals surface area contributed by atoms with Gasteiger partial charge in [0.05, 0.1) is 0 Å². The van der Waals surface area contributed by atoms with Crippen LogP contribution < -0.4 is 0 Å². The fourth-order valence-corrected chi connectivity index (χ4v) is 10.1. The molecule has 0 radical (unpaired) electrons. The lowest BCUT2D eigenvalue weighted by Gasteiger charge is -2.18. The lowest BCUT2D eigenvalue weighted by atomic mass is 9.85. The van der Waals surface area contributed by atoms with Crippen molar-refractivity contribution in [2.24, 2.45) is 0 Å². The van der Waals surface area contributed by atoms with Gasteiger partial charge in [-0.2, -0.15) is 0 Å². The van der Waals surface area contributed by atoms with Crippen LogP contribution in [0.25, 0.3) is 121 Å². The highest BCUT2D eigenvalue weighted by atomic mass is 14.3. The number of aryl methyl sites for hydroxylation is 2. The lowest BCUT2D eigenvalue weighted by Crippen LogP contribution is -1.91. The van der Waals surface area contributed by atoms with E-state index in [0.29, 0.717) is 0 Å². The van der Waals surface area contributed by atoms with E-state index in [1.54, 1.807) is 0 Å². The molecule has 0 heterocycles. The van der Waals surface area contributed by atoms with Crippen LogP contribution >= 0.6 is 0 Å². The van der Waals surface area contributed by atoms with E-state index in [1.165, 1.54) is 132 Å². The van der Waals surface area contributed by atoms with Gasteiger partial charge in [-0.3, -0.25) is 0 Å². The molecule has 0 unspecified atom stereocenters. The minimum atomic E-state index is 1.23. The van der Waals surface area contributed by atoms with Crippen LogP contribution in [0.2, 0.25) is 0 Å². The van der Waals surface area contributed by atoms with Crippen molar-refractivity contribution in [3.63, 3.8) is 0 Å². The number of benzene rings is 10. The molecular weight excluding hydrogens is 649 g/mol.